The van der Waals surface area contributed by atoms with Crippen molar-refractivity contribution in [2.24, 2.45) is 0 Å². The molecule has 7 rings (SSSR count). The number of imidazole rings is 1. The van der Waals surface area contributed by atoms with Crippen molar-refractivity contribution in [1.29, 1.82) is 0 Å². The van der Waals surface area contributed by atoms with Crippen LogP contribution in [0.4, 0.5) is 4.39 Å². The van der Waals surface area contributed by atoms with E-state index < -0.39 is 5.76 Å². The summed E-state index contributed by atoms with van der Waals surface area (Å²) >= 11 is 3.65. The molecule has 190 valence electrons. The van der Waals surface area contributed by atoms with Crippen molar-refractivity contribution >= 4 is 32.7 Å². The van der Waals surface area contributed by atoms with E-state index in [9.17, 15) is 9.18 Å². The van der Waals surface area contributed by atoms with Crippen molar-refractivity contribution in [2.75, 3.05) is 0 Å². The molecule has 1 fully saturated rings. The Morgan fingerprint density at radius 3 is 2.82 bits per heavy atom. The number of ether oxygens (including phenoxy) is 1. The minimum absolute atomic E-state index is 0.278. The van der Waals surface area contributed by atoms with Crippen LogP contribution in [-0.4, -0.2) is 19.5 Å². The quantitative estimate of drug-likeness (QED) is 0.275. The van der Waals surface area contributed by atoms with Crippen LogP contribution < -0.4 is 10.5 Å². The van der Waals surface area contributed by atoms with Gasteiger partial charge in [0, 0.05) is 35.7 Å². The van der Waals surface area contributed by atoms with Gasteiger partial charge >= 0.3 is 5.76 Å². The van der Waals surface area contributed by atoms with Gasteiger partial charge in [-0.1, -0.05) is 23.4 Å². The second kappa shape index (κ2) is 8.80. The molecule has 0 atom stereocenters. The molecule has 0 radical (unpaired) electrons. The van der Waals surface area contributed by atoms with Gasteiger partial charge in [-0.15, -0.1) is 0 Å². The molecule has 0 amide bonds. The average Bonchev–Trinajstić information content (AvgIpc) is 3.59. The van der Waals surface area contributed by atoms with Crippen molar-refractivity contribution in [3.05, 3.63) is 115 Å². The number of allylic oxidation sites excluding steroid dienone is 1. The van der Waals surface area contributed by atoms with Gasteiger partial charge in [-0.3, -0.25) is 9.51 Å². The van der Waals surface area contributed by atoms with Gasteiger partial charge in [0.05, 0.1) is 15.9 Å². The first kappa shape index (κ1) is 23.2. The van der Waals surface area contributed by atoms with Gasteiger partial charge in [0.2, 0.25) is 0 Å². The molecule has 0 saturated heterocycles. The third-order valence-electron chi connectivity index (χ3n) is 7.27. The summed E-state index contributed by atoms with van der Waals surface area (Å²) in [6.07, 6.45) is 5.11. The first-order valence-corrected chi connectivity index (χ1v) is 13.2. The van der Waals surface area contributed by atoms with Crippen molar-refractivity contribution in [2.45, 2.75) is 38.7 Å². The Morgan fingerprint density at radius 2 is 2.03 bits per heavy atom. The Labute approximate surface area is 225 Å². The van der Waals surface area contributed by atoms with Crippen molar-refractivity contribution in [3.63, 3.8) is 0 Å². The molecular formula is C29H22BrFN4O3. The van der Waals surface area contributed by atoms with E-state index in [2.05, 4.69) is 54.9 Å². The lowest BCUT2D eigenvalue weighted by Gasteiger charge is -2.14. The lowest BCUT2D eigenvalue weighted by molar-refractivity contribution is 0.305. The van der Waals surface area contributed by atoms with Gasteiger partial charge in [-0.25, -0.2) is 14.2 Å². The smallest absolute Gasteiger partial charge is 0.439 e. The normalized spacial score (nSPS) is 16.1. The van der Waals surface area contributed by atoms with E-state index in [4.69, 9.17) is 14.2 Å². The number of hydrogen-bond donors (Lipinski definition) is 1. The van der Waals surface area contributed by atoms with Gasteiger partial charge < -0.3 is 9.14 Å². The number of aromatic nitrogens is 4. The zero-order valence-corrected chi connectivity index (χ0v) is 22.0. The average molecular weight is 573 g/mol. The fraction of sp³-hybridized carbons (Fsp3) is 0.207. The van der Waals surface area contributed by atoms with E-state index in [1.165, 1.54) is 30.7 Å². The standard InChI is InChI=1S/C29H22BrFN4O3/c1-15(27-33-29(36)38-34-27)25-20-8-4-16(11-18(20)14-37-24-13-19(31)7-9-21(24)25)12-23-26(17-5-6-17)32-28-22(30)3-2-10-35(23)28/h2-4,7-11,13,17H,5-6,12,14H2,1H3,(H,33,34,36). The summed E-state index contributed by atoms with van der Waals surface area (Å²) in [5.41, 5.74) is 8.54. The van der Waals surface area contributed by atoms with Crippen LogP contribution in [-0.2, 0) is 13.0 Å². The van der Waals surface area contributed by atoms with Crippen molar-refractivity contribution in [1.82, 2.24) is 19.5 Å². The lowest BCUT2D eigenvalue weighted by Crippen LogP contribution is -2.02. The lowest BCUT2D eigenvalue weighted by atomic mass is 9.89. The van der Waals surface area contributed by atoms with Gasteiger partial charge in [0.1, 0.15) is 18.2 Å². The SMILES string of the molecule is CC(=C1c2ccc(Cc3c(C4CC4)nc4c(Br)cccn34)cc2COc2cc(F)ccc21)c1noc(=O)[nH]1. The number of halogens is 2. The van der Waals surface area contributed by atoms with Gasteiger partial charge in [0.15, 0.2) is 11.5 Å². The monoisotopic (exact) mass is 572 g/mol. The Morgan fingerprint density at radius 1 is 1.18 bits per heavy atom. The molecule has 7 nitrogen and oxygen atoms in total. The Kier molecular flexibility index (Phi) is 5.36. The molecule has 0 bridgehead atoms. The number of nitrogens with zero attached hydrogens (tertiary/aromatic N) is 3. The minimum atomic E-state index is -0.633. The van der Waals surface area contributed by atoms with E-state index in [-0.39, 0.29) is 12.4 Å². The summed E-state index contributed by atoms with van der Waals surface area (Å²) in [6, 6.07) is 14.9. The summed E-state index contributed by atoms with van der Waals surface area (Å²) in [6.45, 7) is 2.14. The third kappa shape index (κ3) is 3.89. The molecule has 1 N–H and O–H groups in total. The van der Waals surface area contributed by atoms with Crippen LogP contribution in [0.3, 0.4) is 0 Å². The maximum absolute atomic E-state index is 14.2. The summed E-state index contributed by atoms with van der Waals surface area (Å²) < 4.78 is 28.2. The van der Waals surface area contributed by atoms with Crippen LogP contribution in [0, 0.1) is 5.82 Å². The van der Waals surface area contributed by atoms with Gasteiger partial charge in [0.25, 0.3) is 0 Å². The molecule has 2 aliphatic rings. The number of H-pyrrole nitrogens is 1. The van der Waals surface area contributed by atoms with E-state index in [1.54, 1.807) is 6.07 Å². The number of aromatic amines is 1. The highest BCUT2D eigenvalue weighted by Crippen LogP contribution is 2.43. The number of rotatable bonds is 4. The first-order valence-electron chi connectivity index (χ1n) is 12.4. The van der Waals surface area contributed by atoms with Crippen LogP contribution in [0.1, 0.15) is 65.1 Å². The number of pyridine rings is 1. The van der Waals surface area contributed by atoms with Gasteiger partial charge in [-0.2, -0.15) is 0 Å². The third-order valence-corrected chi connectivity index (χ3v) is 7.89. The van der Waals surface area contributed by atoms with E-state index in [0.29, 0.717) is 29.5 Å². The molecule has 38 heavy (non-hydrogen) atoms. The van der Waals surface area contributed by atoms with Crippen LogP contribution >= 0.6 is 15.9 Å². The fourth-order valence-electron chi connectivity index (χ4n) is 5.31. The van der Waals surface area contributed by atoms with Gasteiger partial charge in [-0.05, 0) is 82.2 Å². The molecule has 1 aliphatic carbocycles. The topological polar surface area (TPSA) is 85.4 Å². The molecule has 3 aromatic heterocycles. The molecule has 5 aromatic rings. The maximum Gasteiger partial charge on any atom is 0.439 e. The zero-order chi connectivity index (χ0) is 26.0. The second-order valence-corrected chi connectivity index (χ2v) is 10.7. The predicted molar refractivity (Wildman–Crippen MR) is 144 cm³/mol. The summed E-state index contributed by atoms with van der Waals surface area (Å²) in [5, 5.41) is 3.89. The zero-order valence-electron chi connectivity index (χ0n) is 20.4. The van der Waals surface area contributed by atoms with E-state index >= 15 is 0 Å². The van der Waals surface area contributed by atoms with Crippen molar-refractivity contribution in [3.8, 4) is 5.75 Å². The Hall–Kier alpha value is -3.98. The highest BCUT2D eigenvalue weighted by Gasteiger charge is 2.31. The maximum atomic E-state index is 14.2. The molecule has 2 aromatic carbocycles. The highest BCUT2D eigenvalue weighted by molar-refractivity contribution is 9.10. The molecular weight excluding hydrogens is 551 g/mol. The molecule has 1 saturated carbocycles. The summed E-state index contributed by atoms with van der Waals surface area (Å²) in [5.74, 6) is 0.250. The number of benzene rings is 2. The fourth-order valence-corrected chi connectivity index (χ4v) is 5.74. The van der Waals surface area contributed by atoms with Crippen LogP contribution in [0.25, 0.3) is 16.8 Å². The second-order valence-electron chi connectivity index (χ2n) is 9.81. The molecule has 1 aliphatic heterocycles. The Bertz CT molecular complexity index is 1830. The Balaban J connectivity index is 1.36. The number of hydrogen-bond acceptors (Lipinski definition) is 5. The van der Waals surface area contributed by atoms with Crippen molar-refractivity contribution < 1.29 is 13.7 Å². The molecule has 4 heterocycles. The number of nitrogens with one attached hydrogen (secondary N) is 1. The molecule has 9 heteroatoms. The van der Waals surface area contributed by atoms with Crippen LogP contribution in [0.15, 0.2) is 68.5 Å². The predicted octanol–water partition coefficient (Wildman–Crippen LogP) is 6.25. The molecule has 0 spiro atoms. The largest absolute Gasteiger partial charge is 0.488 e. The summed E-state index contributed by atoms with van der Waals surface area (Å²) in [7, 11) is 0. The summed E-state index contributed by atoms with van der Waals surface area (Å²) in [4.78, 5) is 19.3. The van der Waals surface area contributed by atoms with E-state index in [1.807, 2.05) is 19.1 Å². The minimum Gasteiger partial charge on any atom is -0.488 e. The highest BCUT2D eigenvalue weighted by atomic mass is 79.9. The van der Waals surface area contributed by atoms with Crippen LogP contribution in [0.2, 0.25) is 0 Å². The van der Waals surface area contributed by atoms with Crippen LogP contribution in [0.5, 0.6) is 5.75 Å². The number of fused-ring (bicyclic) bond motifs is 3. The molecule has 0 unspecified atom stereocenters. The van der Waals surface area contributed by atoms with E-state index in [0.717, 1.165) is 43.6 Å². The first-order chi connectivity index (χ1) is 18.5.